The van der Waals surface area contributed by atoms with Crippen LogP contribution in [-0.2, 0) is 21.4 Å². The fourth-order valence-corrected chi connectivity index (χ4v) is 4.78. The summed E-state index contributed by atoms with van der Waals surface area (Å²) in [6.45, 7) is 4.12. The smallest absolute Gasteiger partial charge is 0.334 e. The molecule has 0 amide bonds. The summed E-state index contributed by atoms with van der Waals surface area (Å²) < 4.78 is 5.25. The van der Waals surface area contributed by atoms with Crippen molar-refractivity contribution >= 4 is 11.8 Å². The Balaban J connectivity index is 1.85. The number of carbonyl (C=O) groups excluding carboxylic acids is 2. The number of phenolic OH excluding ortho intramolecular Hbond substituents is 1. The van der Waals surface area contributed by atoms with Gasteiger partial charge >= 0.3 is 5.97 Å². The van der Waals surface area contributed by atoms with Crippen LogP contribution < -0.4 is 0 Å². The molecular formula is C19H20O4. The minimum atomic E-state index is -0.150. The predicted octanol–water partition coefficient (Wildman–Crippen LogP) is 3.06. The van der Waals surface area contributed by atoms with Crippen molar-refractivity contribution in [2.45, 2.75) is 44.9 Å². The van der Waals surface area contributed by atoms with E-state index in [1.54, 1.807) is 6.07 Å². The highest BCUT2D eigenvalue weighted by atomic mass is 16.5. The van der Waals surface area contributed by atoms with Crippen LogP contribution >= 0.6 is 0 Å². The van der Waals surface area contributed by atoms with Crippen molar-refractivity contribution in [2.24, 2.45) is 5.92 Å². The first-order chi connectivity index (χ1) is 10.9. The van der Waals surface area contributed by atoms with E-state index in [4.69, 9.17) is 4.74 Å². The maximum Gasteiger partial charge on any atom is 0.334 e. The highest BCUT2D eigenvalue weighted by Gasteiger charge is 2.49. The molecule has 1 N–H and O–H groups in total. The Morgan fingerprint density at radius 3 is 2.87 bits per heavy atom. The maximum atomic E-state index is 11.8. The average molecular weight is 312 g/mol. The molecule has 120 valence electrons. The molecule has 2 atom stereocenters. The van der Waals surface area contributed by atoms with Crippen molar-refractivity contribution in [3.8, 4) is 5.75 Å². The quantitative estimate of drug-likeness (QED) is 0.639. The predicted molar refractivity (Wildman–Crippen MR) is 84.5 cm³/mol. The molecule has 0 aromatic heterocycles. The maximum absolute atomic E-state index is 11.8. The molecule has 0 saturated carbocycles. The van der Waals surface area contributed by atoms with Gasteiger partial charge in [0.05, 0.1) is 5.56 Å². The van der Waals surface area contributed by atoms with Gasteiger partial charge in [-0.25, -0.2) is 4.79 Å². The van der Waals surface area contributed by atoms with Gasteiger partial charge in [-0.2, -0.15) is 0 Å². The number of aromatic hydroxyl groups is 1. The first-order valence-electron chi connectivity index (χ1n) is 8.19. The average Bonchev–Trinajstić information content (AvgIpc) is 2.88. The first-order valence-corrected chi connectivity index (χ1v) is 8.19. The molecule has 1 aliphatic heterocycles. The van der Waals surface area contributed by atoms with Gasteiger partial charge in [0.25, 0.3) is 0 Å². The zero-order valence-corrected chi connectivity index (χ0v) is 13.4. The first kappa shape index (κ1) is 14.5. The highest BCUT2D eigenvalue weighted by Crippen LogP contribution is 2.54. The summed E-state index contributed by atoms with van der Waals surface area (Å²) in [5.74, 6) is 0.171. The SMILES string of the molecule is CC(=O)c1ccc2c(c1O)CC[C@H]1C3=C(CC[C@]21C)C(=O)OC3. The topological polar surface area (TPSA) is 63.6 Å². The Bertz CT molecular complexity index is 774. The summed E-state index contributed by atoms with van der Waals surface area (Å²) in [6.07, 6.45) is 3.22. The number of esters is 1. The molecule has 0 radical (unpaired) electrons. The number of carbonyl (C=O) groups is 2. The molecule has 2 aliphatic carbocycles. The van der Waals surface area contributed by atoms with Crippen molar-refractivity contribution in [1.82, 2.24) is 0 Å². The van der Waals surface area contributed by atoms with Crippen LogP contribution in [-0.4, -0.2) is 23.5 Å². The molecule has 1 heterocycles. The van der Waals surface area contributed by atoms with Gasteiger partial charge in [0.15, 0.2) is 5.78 Å². The summed E-state index contributed by atoms with van der Waals surface area (Å²) in [5.41, 5.74) is 4.37. The molecule has 23 heavy (non-hydrogen) atoms. The Morgan fingerprint density at radius 1 is 1.35 bits per heavy atom. The van der Waals surface area contributed by atoms with Crippen LogP contribution in [0.5, 0.6) is 5.75 Å². The lowest BCUT2D eigenvalue weighted by Gasteiger charge is -2.46. The third-order valence-corrected chi connectivity index (χ3v) is 6.04. The summed E-state index contributed by atoms with van der Waals surface area (Å²) in [4.78, 5) is 23.5. The van der Waals surface area contributed by atoms with Crippen molar-refractivity contribution in [3.63, 3.8) is 0 Å². The standard InChI is InChI=1S/C19H20O4/c1-10(20)11-3-5-15-13(17(11)21)4-6-16-14-9-23-18(22)12(14)7-8-19(15,16)2/h3,5,16,21H,4,6-9H2,1-2H3/t16-,19+/m0/s1. The minimum Gasteiger partial charge on any atom is -0.507 e. The van der Waals surface area contributed by atoms with Crippen LogP contribution in [0.4, 0.5) is 0 Å². The minimum absolute atomic E-state index is 0.104. The van der Waals surface area contributed by atoms with Crippen LogP contribution in [0.1, 0.15) is 54.6 Å². The second-order valence-electron chi connectivity index (χ2n) is 7.13. The Labute approximate surface area is 135 Å². The van der Waals surface area contributed by atoms with Crippen molar-refractivity contribution in [3.05, 3.63) is 40.0 Å². The van der Waals surface area contributed by atoms with Gasteiger partial charge in [-0.3, -0.25) is 4.79 Å². The van der Waals surface area contributed by atoms with Gasteiger partial charge in [-0.15, -0.1) is 0 Å². The van der Waals surface area contributed by atoms with Gasteiger partial charge in [-0.05, 0) is 66.7 Å². The monoisotopic (exact) mass is 312 g/mol. The molecule has 0 saturated heterocycles. The van der Waals surface area contributed by atoms with E-state index in [0.717, 1.165) is 48.0 Å². The summed E-state index contributed by atoms with van der Waals surface area (Å²) in [7, 11) is 0. The number of Topliss-reactive ketones (excluding diaryl/α,β-unsaturated/α-hetero) is 1. The number of benzene rings is 1. The molecular weight excluding hydrogens is 292 g/mol. The fraction of sp³-hybridized carbons (Fsp3) is 0.474. The third kappa shape index (κ3) is 1.84. The third-order valence-electron chi connectivity index (χ3n) is 6.04. The van der Waals surface area contributed by atoms with E-state index in [1.165, 1.54) is 6.92 Å². The molecule has 4 rings (SSSR count). The van der Waals surface area contributed by atoms with Crippen LogP contribution in [0.25, 0.3) is 0 Å². The molecule has 0 unspecified atom stereocenters. The number of hydrogen-bond acceptors (Lipinski definition) is 4. The number of rotatable bonds is 1. The van der Waals surface area contributed by atoms with E-state index in [-0.39, 0.29) is 28.8 Å². The molecule has 3 aliphatic rings. The van der Waals surface area contributed by atoms with Crippen molar-refractivity contribution in [2.75, 3.05) is 6.61 Å². The second kappa shape index (κ2) is 4.70. The number of ketones is 1. The Kier molecular flexibility index (Phi) is 2.96. The summed E-state index contributed by atoms with van der Waals surface area (Å²) in [6, 6.07) is 3.74. The van der Waals surface area contributed by atoms with Crippen LogP contribution in [0, 0.1) is 5.92 Å². The van der Waals surface area contributed by atoms with E-state index >= 15 is 0 Å². The molecule has 0 spiro atoms. The van der Waals surface area contributed by atoms with E-state index < -0.39 is 0 Å². The summed E-state index contributed by atoms with van der Waals surface area (Å²) in [5, 5.41) is 10.5. The zero-order valence-electron chi connectivity index (χ0n) is 13.4. The highest BCUT2D eigenvalue weighted by molar-refractivity contribution is 5.97. The van der Waals surface area contributed by atoms with Gasteiger partial charge in [0.1, 0.15) is 12.4 Å². The van der Waals surface area contributed by atoms with Crippen LogP contribution in [0.3, 0.4) is 0 Å². The lowest BCUT2D eigenvalue weighted by molar-refractivity contribution is -0.136. The Morgan fingerprint density at radius 2 is 2.13 bits per heavy atom. The van der Waals surface area contributed by atoms with Gasteiger partial charge in [0.2, 0.25) is 0 Å². The van der Waals surface area contributed by atoms with Crippen molar-refractivity contribution < 1.29 is 19.4 Å². The van der Waals surface area contributed by atoms with Crippen molar-refractivity contribution in [1.29, 1.82) is 0 Å². The lowest BCUT2D eigenvalue weighted by Crippen LogP contribution is -2.41. The number of fused-ring (bicyclic) bond motifs is 4. The van der Waals surface area contributed by atoms with Crippen LogP contribution in [0.2, 0.25) is 0 Å². The molecule has 4 heteroatoms. The number of cyclic esters (lactones) is 1. The largest absolute Gasteiger partial charge is 0.507 e. The van der Waals surface area contributed by atoms with Gasteiger partial charge in [0, 0.05) is 5.57 Å². The molecule has 1 aromatic rings. The molecule has 4 nitrogen and oxygen atoms in total. The van der Waals surface area contributed by atoms with Gasteiger partial charge in [-0.1, -0.05) is 13.0 Å². The van der Waals surface area contributed by atoms with E-state index in [0.29, 0.717) is 12.2 Å². The molecule has 0 fully saturated rings. The fourth-order valence-electron chi connectivity index (χ4n) is 4.78. The second-order valence-corrected chi connectivity index (χ2v) is 7.13. The van der Waals surface area contributed by atoms with E-state index in [1.807, 2.05) is 6.07 Å². The zero-order chi connectivity index (χ0) is 16.4. The number of phenols is 1. The lowest BCUT2D eigenvalue weighted by atomic mass is 9.56. The van der Waals surface area contributed by atoms with E-state index in [2.05, 4.69) is 6.92 Å². The Hall–Kier alpha value is -2.10. The molecule has 0 bridgehead atoms. The van der Waals surface area contributed by atoms with Gasteiger partial charge < -0.3 is 9.84 Å². The molecule has 1 aromatic carbocycles. The van der Waals surface area contributed by atoms with E-state index in [9.17, 15) is 14.7 Å². The number of ether oxygens (including phenoxy) is 1. The number of hydrogen-bond donors (Lipinski definition) is 1. The normalized spacial score (nSPS) is 28.8. The van der Waals surface area contributed by atoms with Crippen LogP contribution in [0.15, 0.2) is 23.3 Å². The summed E-state index contributed by atoms with van der Waals surface area (Å²) >= 11 is 0.